The molecule has 0 atom stereocenters. The fourth-order valence-corrected chi connectivity index (χ4v) is 2.24. The predicted molar refractivity (Wildman–Crippen MR) is 89.1 cm³/mol. The van der Waals surface area contributed by atoms with Gasteiger partial charge in [-0.3, -0.25) is 10.2 Å². The van der Waals surface area contributed by atoms with Crippen LogP contribution in [0.15, 0.2) is 39.4 Å². The molecule has 1 aromatic carbocycles. The van der Waals surface area contributed by atoms with E-state index in [0.29, 0.717) is 4.67 Å². The number of benzene rings is 1. The molecule has 1 amide bonds. The van der Waals surface area contributed by atoms with E-state index in [2.05, 4.69) is 21.4 Å². The van der Waals surface area contributed by atoms with Crippen molar-refractivity contribution in [3.05, 3.63) is 51.9 Å². The van der Waals surface area contributed by atoms with Crippen molar-refractivity contribution in [1.29, 1.82) is 0 Å². The second kappa shape index (κ2) is 6.28. The fraction of sp³-hybridized carbons (Fsp3) is 0.143. The molecule has 110 valence electrons. The summed E-state index contributed by atoms with van der Waals surface area (Å²) in [5.41, 5.74) is 11.1. The zero-order valence-electron chi connectivity index (χ0n) is 11.5. The molecule has 1 heterocycles. The second-order valence-electron chi connectivity index (χ2n) is 4.51. The minimum Gasteiger partial charge on any atom is -0.444 e. The lowest BCUT2D eigenvalue weighted by Gasteiger charge is -2.24. The maximum atomic E-state index is 12.2. The van der Waals surface area contributed by atoms with Crippen LogP contribution in [0.4, 0.5) is 5.69 Å². The molecule has 0 bridgehead atoms. The maximum absolute atomic E-state index is 12.2. The molecule has 0 saturated carbocycles. The van der Waals surface area contributed by atoms with Crippen LogP contribution >= 0.6 is 28.1 Å². The zero-order valence-corrected chi connectivity index (χ0v) is 13.9. The molecular weight excluding hydrogens is 354 g/mol. The smallest absolute Gasteiger partial charge is 0.305 e. The molecule has 21 heavy (non-hydrogen) atoms. The molecule has 1 aromatic heterocycles. The molecule has 0 aliphatic carbocycles. The predicted octanol–water partition coefficient (Wildman–Crippen LogP) is 3.05. The topological polar surface area (TPSA) is 71.5 Å². The Hall–Kier alpha value is -1.86. The molecule has 0 spiro atoms. The Balaban J connectivity index is 2.30. The third-order valence-corrected chi connectivity index (χ3v) is 3.45. The van der Waals surface area contributed by atoms with Crippen molar-refractivity contribution in [3.8, 4) is 0 Å². The Kier molecular flexibility index (Phi) is 4.64. The number of furan rings is 1. The first kappa shape index (κ1) is 15.5. The summed E-state index contributed by atoms with van der Waals surface area (Å²) in [6.07, 6.45) is 0. The van der Waals surface area contributed by atoms with Crippen molar-refractivity contribution < 1.29 is 9.21 Å². The number of hydrazine groups is 1. The molecule has 5 nitrogen and oxygen atoms in total. The molecule has 7 heteroatoms. The van der Waals surface area contributed by atoms with Crippen LogP contribution in [0.25, 0.3) is 0 Å². The fourth-order valence-electron chi connectivity index (χ4n) is 1.79. The highest BCUT2D eigenvalue weighted by Gasteiger charge is 2.18. The molecule has 0 aliphatic heterocycles. The molecule has 3 N–H and O–H groups in total. The van der Waals surface area contributed by atoms with Crippen molar-refractivity contribution in [2.75, 3.05) is 5.01 Å². The van der Waals surface area contributed by atoms with Gasteiger partial charge in [0.25, 0.3) is 0 Å². The lowest BCUT2D eigenvalue weighted by Crippen LogP contribution is -2.49. The highest BCUT2D eigenvalue weighted by Crippen LogP contribution is 2.21. The molecule has 0 radical (unpaired) electrons. The first-order valence-electron chi connectivity index (χ1n) is 6.11. The van der Waals surface area contributed by atoms with Gasteiger partial charge in [-0.05, 0) is 71.3 Å². The average Bonchev–Trinajstić information content (AvgIpc) is 2.85. The monoisotopic (exact) mass is 367 g/mol. The third-order valence-electron chi connectivity index (χ3n) is 2.84. The Morgan fingerprint density at radius 2 is 2.05 bits per heavy atom. The van der Waals surface area contributed by atoms with Gasteiger partial charge in [0.2, 0.25) is 0 Å². The SMILES string of the molecule is Cc1ccc(C)c(N(NC(=O)c2ccc(Br)o2)C(N)=S)c1. The molecule has 0 unspecified atom stereocenters. The zero-order chi connectivity index (χ0) is 15.6. The van der Waals surface area contributed by atoms with Crippen molar-refractivity contribution in [1.82, 2.24) is 5.43 Å². The third kappa shape index (κ3) is 3.62. The quantitative estimate of drug-likeness (QED) is 0.630. The van der Waals surface area contributed by atoms with Gasteiger partial charge in [-0.2, -0.15) is 0 Å². The van der Waals surface area contributed by atoms with E-state index in [4.69, 9.17) is 22.4 Å². The van der Waals surface area contributed by atoms with Crippen LogP contribution in [0.3, 0.4) is 0 Å². The van der Waals surface area contributed by atoms with E-state index in [1.165, 1.54) is 5.01 Å². The number of nitrogens with two attached hydrogens (primary N) is 1. The molecule has 0 aliphatic rings. The van der Waals surface area contributed by atoms with Crippen LogP contribution in [-0.4, -0.2) is 11.0 Å². The number of carbonyl (C=O) groups is 1. The Bertz CT molecular complexity index is 699. The number of amides is 1. The summed E-state index contributed by atoms with van der Waals surface area (Å²) in [7, 11) is 0. The lowest BCUT2D eigenvalue weighted by atomic mass is 10.1. The lowest BCUT2D eigenvalue weighted by molar-refractivity contribution is 0.0926. The van der Waals surface area contributed by atoms with Crippen LogP contribution in [0, 0.1) is 13.8 Å². The molecule has 2 rings (SSSR count). The summed E-state index contributed by atoms with van der Waals surface area (Å²) in [6.45, 7) is 3.86. The van der Waals surface area contributed by atoms with E-state index in [0.717, 1.165) is 16.8 Å². The van der Waals surface area contributed by atoms with Crippen LogP contribution in [0.5, 0.6) is 0 Å². The highest BCUT2D eigenvalue weighted by molar-refractivity contribution is 9.10. The summed E-state index contributed by atoms with van der Waals surface area (Å²) in [5, 5.41) is 1.42. The minimum atomic E-state index is -0.436. The first-order chi connectivity index (χ1) is 9.88. The Morgan fingerprint density at radius 1 is 1.33 bits per heavy atom. The molecular formula is C14H14BrN3O2S. The van der Waals surface area contributed by atoms with Gasteiger partial charge >= 0.3 is 5.91 Å². The van der Waals surface area contributed by atoms with E-state index in [1.807, 2.05) is 32.0 Å². The largest absolute Gasteiger partial charge is 0.444 e. The number of hydrogen-bond donors (Lipinski definition) is 2. The van der Waals surface area contributed by atoms with E-state index in [9.17, 15) is 4.79 Å². The van der Waals surface area contributed by atoms with Crippen molar-refractivity contribution >= 4 is 44.9 Å². The summed E-state index contributed by atoms with van der Waals surface area (Å²) < 4.78 is 5.68. The first-order valence-corrected chi connectivity index (χ1v) is 7.31. The molecule has 0 fully saturated rings. The number of nitrogens with one attached hydrogen (secondary N) is 1. The van der Waals surface area contributed by atoms with Gasteiger partial charge in [0, 0.05) is 0 Å². The number of anilines is 1. The van der Waals surface area contributed by atoms with Gasteiger partial charge in [0.1, 0.15) is 0 Å². The summed E-state index contributed by atoms with van der Waals surface area (Å²) in [6, 6.07) is 9.00. The van der Waals surface area contributed by atoms with E-state index >= 15 is 0 Å². The maximum Gasteiger partial charge on any atom is 0.305 e. The van der Waals surface area contributed by atoms with E-state index in [1.54, 1.807) is 12.1 Å². The standard InChI is InChI=1S/C14H14BrN3O2S/c1-8-3-4-9(2)10(7-8)18(14(16)21)17-13(19)11-5-6-12(15)20-11/h3-7H,1-2H3,(H2,16,21)(H,17,19). The summed E-state index contributed by atoms with van der Waals surface area (Å²) in [5.74, 6) is -0.275. The van der Waals surface area contributed by atoms with Crippen LogP contribution in [0.1, 0.15) is 21.7 Å². The average molecular weight is 368 g/mol. The summed E-state index contributed by atoms with van der Waals surface area (Å²) >= 11 is 8.18. The van der Waals surface area contributed by atoms with Gasteiger partial charge < -0.3 is 10.2 Å². The van der Waals surface area contributed by atoms with Crippen molar-refractivity contribution in [2.45, 2.75) is 13.8 Å². The minimum absolute atomic E-state index is 0.0441. The van der Waals surface area contributed by atoms with Crippen LogP contribution in [0.2, 0.25) is 0 Å². The van der Waals surface area contributed by atoms with E-state index < -0.39 is 5.91 Å². The Labute approximate surface area is 136 Å². The number of hydrogen-bond acceptors (Lipinski definition) is 3. The summed E-state index contributed by atoms with van der Waals surface area (Å²) in [4.78, 5) is 12.2. The van der Waals surface area contributed by atoms with Gasteiger partial charge in [0.15, 0.2) is 15.5 Å². The van der Waals surface area contributed by atoms with E-state index in [-0.39, 0.29) is 10.9 Å². The number of rotatable bonds is 2. The van der Waals surface area contributed by atoms with Gasteiger partial charge in [-0.15, -0.1) is 0 Å². The number of halogens is 1. The highest BCUT2D eigenvalue weighted by atomic mass is 79.9. The van der Waals surface area contributed by atoms with Crippen molar-refractivity contribution in [3.63, 3.8) is 0 Å². The Morgan fingerprint density at radius 3 is 2.62 bits per heavy atom. The van der Waals surface area contributed by atoms with Crippen LogP contribution in [-0.2, 0) is 0 Å². The number of aryl methyl sites for hydroxylation is 2. The second-order valence-corrected chi connectivity index (χ2v) is 5.71. The number of carbonyl (C=O) groups excluding carboxylic acids is 1. The van der Waals surface area contributed by atoms with Crippen LogP contribution < -0.4 is 16.2 Å². The van der Waals surface area contributed by atoms with Gasteiger partial charge in [-0.25, -0.2) is 5.01 Å². The molecule has 2 aromatic rings. The number of thiocarbonyl (C=S) groups is 1. The molecule has 0 saturated heterocycles. The van der Waals surface area contributed by atoms with Gasteiger partial charge in [0.05, 0.1) is 5.69 Å². The number of nitrogens with zero attached hydrogens (tertiary/aromatic N) is 1. The normalized spacial score (nSPS) is 10.2. The van der Waals surface area contributed by atoms with Gasteiger partial charge in [-0.1, -0.05) is 12.1 Å². The van der Waals surface area contributed by atoms with Crippen molar-refractivity contribution in [2.24, 2.45) is 5.73 Å².